The molecule has 0 saturated carbocycles. The number of phenolic OH excluding ortho intramolecular Hbond substituents is 1. The van der Waals surface area contributed by atoms with Crippen molar-refractivity contribution in [3.8, 4) is 11.5 Å². The molecule has 2 N–H and O–H groups in total. The van der Waals surface area contributed by atoms with Gasteiger partial charge in [-0.15, -0.1) is 0 Å². The summed E-state index contributed by atoms with van der Waals surface area (Å²) in [4.78, 5) is 10.6. The quantitative estimate of drug-likeness (QED) is 0.725. The first kappa shape index (κ1) is 9.79. The van der Waals surface area contributed by atoms with Crippen LogP contribution in [0.1, 0.15) is 11.7 Å². The Morgan fingerprint density at radius 3 is 2.80 bits per heavy atom. The summed E-state index contributed by atoms with van der Waals surface area (Å²) in [5.74, 6) is -0.645. The van der Waals surface area contributed by atoms with Gasteiger partial charge in [0.25, 0.3) is 0 Å². The first-order chi connectivity index (χ1) is 7.13. The maximum Gasteiger partial charge on any atom is 0.335 e. The van der Waals surface area contributed by atoms with E-state index in [2.05, 4.69) is 0 Å². The number of carboxylic acid groups (broad SMARTS) is 1. The largest absolute Gasteiger partial charge is 0.504 e. The number of ether oxygens (including phenoxy) is 2. The third-order valence-corrected chi connectivity index (χ3v) is 2.27. The Kier molecular flexibility index (Phi) is 2.24. The zero-order valence-corrected chi connectivity index (χ0v) is 8.01. The Bertz CT molecular complexity index is 401. The Morgan fingerprint density at radius 1 is 1.53 bits per heavy atom. The Labute approximate surface area is 85.9 Å². The van der Waals surface area contributed by atoms with Gasteiger partial charge in [0.2, 0.25) is 0 Å². The third-order valence-electron chi connectivity index (χ3n) is 2.27. The van der Waals surface area contributed by atoms with Crippen LogP contribution in [0.5, 0.6) is 11.5 Å². The number of carbonyl (C=O) groups is 1. The molecule has 15 heavy (non-hydrogen) atoms. The van der Waals surface area contributed by atoms with Crippen molar-refractivity contribution in [2.75, 3.05) is 7.11 Å². The SMILES string of the molecule is COc1cc(C2OC2C(=O)O)ccc1O. The zero-order chi connectivity index (χ0) is 11.0. The van der Waals surface area contributed by atoms with Crippen molar-refractivity contribution < 1.29 is 24.5 Å². The second-order valence-electron chi connectivity index (χ2n) is 3.25. The minimum atomic E-state index is -0.980. The van der Waals surface area contributed by atoms with Crippen molar-refractivity contribution >= 4 is 5.97 Å². The predicted molar refractivity (Wildman–Crippen MR) is 49.9 cm³/mol. The highest BCUT2D eigenvalue weighted by molar-refractivity contribution is 5.76. The van der Waals surface area contributed by atoms with Gasteiger partial charge in [0.1, 0.15) is 6.10 Å². The van der Waals surface area contributed by atoms with Gasteiger partial charge in [-0.05, 0) is 17.7 Å². The van der Waals surface area contributed by atoms with Gasteiger partial charge in [-0.2, -0.15) is 0 Å². The highest BCUT2D eigenvalue weighted by atomic mass is 16.6. The number of benzene rings is 1. The molecule has 80 valence electrons. The lowest BCUT2D eigenvalue weighted by Crippen LogP contribution is -2.04. The van der Waals surface area contributed by atoms with Crippen LogP contribution in [0.25, 0.3) is 0 Å². The highest BCUT2D eigenvalue weighted by Gasteiger charge is 2.46. The van der Waals surface area contributed by atoms with Gasteiger partial charge in [-0.1, -0.05) is 6.07 Å². The second-order valence-corrected chi connectivity index (χ2v) is 3.25. The van der Waals surface area contributed by atoms with Gasteiger partial charge in [0, 0.05) is 0 Å². The highest BCUT2D eigenvalue weighted by Crippen LogP contribution is 2.41. The van der Waals surface area contributed by atoms with E-state index in [4.69, 9.17) is 14.6 Å². The summed E-state index contributed by atoms with van der Waals surface area (Å²) in [6, 6.07) is 4.64. The lowest BCUT2D eigenvalue weighted by molar-refractivity contribution is -0.138. The van der Waals surface area contributed by atoms with Crippen molar-refractivity contribution in [3.05, 3.63) is 23.8 Å². The molecule has 5 nitrogen and oxygen atoms in total. The first-order valence-electron chi connectivity index (χ1n) is 4.38. The van der Waals surface area contributed by atoms with Gasteiger partial charge in [0.05, 0.1) is 7.11 Å². The molecule has 1 fully saturated rings. The molecule has 1 heterocycles. The zero-order valence-electron chi connectivity index (χ0n) is 8.01. The van der Waals surface area contributed by atoms with E-state index in [1.165, 1.54) is 13.2 Å². The fraction of sp³-hybridized carbons (Fsp3) is 0.300. The topological polar surface area (TPSA) is 79.3 Å². The van der Waals surface area contributed by atoms with Crippen LogP contribution in [0, 0.1) is 0 Å². The van der Waals surface area contributed by atoms with Gasteiger partial charge >= 0.3 is 5.97 Å². The number of phenols is 1. The van der Waals surface area contributed by atoms with Crippen molar-refractivity contribution in [2.24, 2.45) is 0 Å². The van der Waals surface area contributed by atoms with Gasteiger partial charge in [-0.3, -0.25) is 0 Å². The maximum atomic E-state index is 10.6. The first-order valence-corrected chi connectivity index (χ1v) is 4.38. The second kappa shape index (κ2) is 3.43. The molecule has 5 heteroatoms. The van der Waals surface area contributed by atoms with Crippen LogP contribution in [-0.2, 0) is 9.53 Å². The average Bonchev–Trinajstić information content (AvgIpc) is 2.98. The molecule has 0 bridgehead atoms. The summed E-state index contributed by atoms with van der Waals surface area (Å²) in [5, 5.41) is 18.0. The van der Waals surface area contributed by atoms with E-state index in [1.54, 1.807) is 12.1 Å². The monoisotopic (exact) mass is 210 g/mol. The van der Waals surface area contributed by atoms with Gasteiger partial charge < -0.3 is 19.7 Å². The van der Waals surface area contributed by atoms with E-state index in [-0.39, 0.29) is 5.75 Å². The smallest absolute Gasteiger partial charge is 0.335 e. The molecule has 0 aliphatic carbocycles. The summed E-state index contributed by atoms with van der Waals surface area (Å²) >= 11 is 0. The molecule has 1 aromatic rings. The third kappa shape index (κ3) is 1.73. The van der Waals surface area contributed by atoms with Gasteiger partial charge in [-0.25, -0.2) is 4.79 Å². The number of hydrogen-bond acceptors (Lipinski definition) is 4. The van der Waals surface area contributed by atoms with Crippen molar-refractivity contribution in [3.63, 3.8) is 0 Å². The van der Waals surface area contributed by atoms with Crippen LogP contribution in [-0.4, -0.2) is 29.4 Å². The van der Waals surface area contributed by atoms with E-state index < -0.39 is 18.2 Å². The molecular weight excluding hydrogens is 200 g/mol. The Hall–Kier alpha value is -1.75. The molecule has 2 atom stereocenters. The molecule has 2 rings (SSSR count). The summed E-state index contributed by atoms with van der Waals surface area (Å²) in [7, 11) is 1.43. The van der Waals surface area contributed by atoms with Gasteiger partial charge in [0.15, 0.2) is 17.6 Å². The number of carboxylic acids is 1. The molecule has 0 radical (unpaired) electrons. The molecule has 1 aliphatic heterocycles. The Morgan fingerprint density at radius 2 is 2.27 bits per heavy atom. The number of rotatable bonds is 3. The number of hydrogen-bond donors (Lipinski definition) is 2. The van der Waals surface area contributed by atoms with E-state index in [0.717, 1.165) is 0 Å². The van der Waals surface area contributed by atoms with E-state index in [9.17, 15) is 9.90 Å². The molecule has 0 spiro atoms. The van der Waals surface area contributed by atoms with Crippen LogP contribution >= 0.6 is 0 Å². The van der Waals surface area contributed by atoms with Crippen molar-refractivity contribution in [1.29, 1.82) is 0 Å². The average molecular weight is 210 g/mol. The van der Waals surface area contributed by atoms with Crippen molar-refractivity contribution in [2.45, 2.75) is 12.2 Å². The van der Waals surface area contributed by atoms with Crippen LogP contribution < -0.4 is 4.74 Å². The molecular formula is C10H10O5. The molecule has 0 aromatic heterocycles. The number of methoxy groups -OCH3 is 1. The minimum Gasteiger partial charge on any atom is -0.504 e. The van der Waals surface area contributed by atoms with Crippen LogP contribution in [0.3, 0.4) is 0 Å². The molecule has 1 saturated heterocycles. The van der Waals surface area contributed by atoms with E-state index in [1.807, 2.05) is 0 Å². The standard InChI is InChI=1S/C10H10O5/c1-14-7-4-5(2-3-6(7)11)8-9(15-8)10(12)13/h2-4,8-9,11H,1H3,(H,12,13). The summed E-state index contributed by atoms with van der Waals surface area (Å²) in [5.41, 5.74) is 0.692. The maximum absolute atomic E-state index is 10.6. The number of aliphatic carboxylic acids is 1. The van der Waals surface area contributed by atoms with E-state index in [0.29, 0.717) is 11.3 Å². The predicted octanol–water partition coefficient (Wildman–Crippen LogP) is 0.925. The Balaban J connectivity index is 2.21. The van der Waals surface area contributed by atoms with Crippen molar-refractivity contribution in [1.82, 2.24) is 0 Å². The van der Waals surface area contributed by atoms with Crippen LogP contribution in [0.4, 0.5) is 0 Å². The summed E-state index contributed by atoms with van der Waals surface area (Å²) in [6.07, 6.45) is -1.21. The number of epoxide rings is 1. The normalized spacial score (nSPS) is 23.5. The fourth-order valence-electron chi connectivity index (χ4n) is 1.42. The fourth-order valence-corrected chi connectivity index (χ4v) is 1.42. The lowest BCUT2D eigenvalue weighted by Gasteiger charge is -2.04. The minimum absolute atomic E-state index is 0.0220. The summed E-state index contributed by atoms with van der Waals surface area (Å²) in [6.45, 7) is 0. The van der Waals surface area contributed by atoms with Crippen LogP contribution in [0.2, 0.25) is 0 Å². The number of aromatic hydroxyl groups is 1. The summed E-state index contributed by atoms with van der Waals surface area (Å²) < 4.78 is 9.87. The molecule has 0 amide bonds. The lowest BCUT2D eigenvalue weighted by atomic mass is 10.1. The van der Waals surface area contributed by atoms with E-state index >= 15 is 0 Å². The molecule has 1 aliphatic rings. The molecule has 2 unspecified atom stereocenters. The molecule has 1 aromatic carbocycles. The van der Waals surface area contributed by atoms with Crippen LogP contribution in [0.15, 0.2) is 18.2 Å².